The molecule has 0 atom stereocenters. The van der Waals surface area contributed by atoms with Crippen LogP contribution in [0.1, 0.15) is 19.4 Å². The van der Waals surface area contributed by atoms with Crippen LogP contribution in [0, 0.1) is 19.1 Å². The normalized spacial score (nSPS) is 12.3. The van der Waals surface area contributed by atoms with Crippen molar-refractivity contribution >= 4 is 55.9 Å². The Balaban J connectivity index is 0.00000436. The fourth-order valence-electron chi connectivity index (χ4n) is 8.37. The molecule has 9 aromatic rings. The molecule has 1 aliphatic rings. The predicted molar refractivity (Wildman–Crippen MR) is 238 cm³/mol. The van der Waals surface area contributed by atoms with E-state index in [2.05, 4.69) is 216 Å². The van der Waals surface area contributed by atoms with Crippen LogP contribution in [0.3, 0.4) is 0 Å². The Bertz CT molecular complexity index is 2840. The second-order valence-electron chi connectivity index (χ2n) is 15.0. The van der Waals surface area contributed by atoms with Crippen LogP contribution in [-0.4, -0.2) is 22.3 Å². The van der Waals surface area contributed by atoms with Gasteiger partial charge in [0.15, 0.2) is 0 Å². The maximum absolute atomic E-state index is 4.89. The number of para-hydroxylation sites is 4. The van der Waals surface area contributed by atoms with E-state index in [1.54, 1.807) is 0 Å². The number of fused-ring (bicyclic) bond motifs is 4. The first-order valence-electron chi connectivity index (χ1n) is 19.6. The average molecular weight is 931 g/mol. The van der Waals surface area contributed by atoms with Gasteiger partial charge in [0.05, 0.1) is 23.7 Å². The molecule has 0 spiro atoms. The Hall–Kier alpha value is -6.42. The number of benzene rings is 7. The molecule has 0 N–H and O–H groups in total. The Morgan fingerprint density at radius 3 is 1.95 bits per heavy atom. The van der Waals surface area contributed by atoms with Crippen molar-refractivity contribution in [1.82, 2.24) is 9.55 Å². The van der Waals surface area contributed by atoms with Crippen molar-refractivity contribution in [3.05, 3.63) is 194 Å². The maximum atomic E-state index is 4.89. The first-order chi connectivity index (χ1) is 28.0. The van der Waals surface area contributed by atoms with Crippen molar-refractivity contribution < 1.29 is 21.1 Å². The molecule has 5 nitrogen and oxygen atoms in total. The van der Waals surface area contributed by atoms with Gasteiger partial charge in [0.2, 0.25) is 0 Å². The minimum absolute atomic E-state index is 0. The van der Waals surface area contributed by atoms with Gasteiger partial charge < -0.3 is 19.3 Å². The van der Waals surface area contributed by atoms with Crippen LogP contribution in [0.25, 0.3) is 49.9 Å². The molecule has 0 amide bonds. The summed E-state index contributed by atoms with van der Waals surface area (Å²) in [6.45, 7) is 7.37. The Morgan fingerprint density at radius 1 is 0.603 bits per heavy atom. The van der Waals surface area contributed by atoms with E-state index in [0.717, 1.165) is 84.9 Å². The molecule has 0 fully saturated rings. The fraction of sp³-hybridized carbons (Fsp3) is 0.0962. The van der Waals surface area contributed by atoms with Gasteiger partial charge in [0, 0.05) is 28.9 Å². The summed E-state index contributed by atoms with van der Waals surface area (Å²) in [5.74, 6) is 0.867. The van der Waals surface area contributed by atoms with Gasteiger partial charge in [-0.3, -0.25) is 0 Å². The first-order valence-corrected chi connectivity index (χ1v) is 19.6. The molecule has 58 heavy (non-hydrogen) atoms. The number of hydrogen-bond donors (Lipinski definition) is 0. The Morgan fingerprint density at radius 2 is 1.24 bits per heavy atom. The van der Waals surface area contributed by atoms with Gasteiger partial charge in [-0.15, -0.1) is 35.7 Å². The minimum Gasteiger partial charge on any atom is -0.357 e. The van der Waals surface area contributed by atoms with Crippen molar-refractivity contribution in [2.24, 2.45) is 0 Å². The van der Waals surface area contributed by atoms with E-state index in [1.165, 1.54) is 11.4 Å². The van der Waals surface area contributed by atoms with Crippen molar-refractivity contribution in [2.75, 3.05) is 21.4 Å². The Labute approximate surface area is 354 Å². The molecule has 0 unspecified atom stereocenters. The molecule has 7 aromatic carbocycles. The summed E-state index contributed by atoms with van der Waals surface area (Å²) in [5.41, 5.74) is 14.0. The van der Waals surface area contributed by atoms with Crippen LogP contribution < -0.4 is 14.7 Å². The van der Waals surface area contributed by atoms with Crippen LogP contribution in [-0.2, 0) is 21.1 Å². The number of aryl methyl sites for hydroxylation is 1. The molecule has 284 valence electrons. The molecule has 0 aliphatic carbocycles. The predicted octanol–water partition coefficient (Wildman–Crippen LogP) is 13.2. The molecule has 6 heteroatoms. The third-order valence-electron chi connectivity index (χ3n) is 11.1. The minimum atomic E-state index is 0. The molecule has 1 aliphatic heterocycles. The number of pyridine rings is 1. The topological polar surface area (TPSA) is 27.5 Å². The summed E-state index contributed by atoms with van der Waals surface area (Å²) < 4.78 is 2.25. The molecule has 0 saturated heterocycles. The van der Waals surface area contributed by atoms with E-state index in [9.17, 15) is 0 Å². The third kappa shape index (κ3) is 6.46. The number of rotatable bonds is 8. The van der Waals surface area contributed by atoms with Gasteiger partial charge >= 0.3 is 21.1 Å². The summed E-state index contributed by atoms with van der Waals surface area (Å²) in [4.78, 5) is 12.1. The second kappa shape index (κ2) is 15.5. The van der Waals surface area contributed by atoms with Crippen LogP contribution >= 0.6 is 0 Å². The molecular weight excluding hydrogens is 890 g/mol. The van der Waals surface area contributed by atoms with Gasteiger partial charge in [-0.2, -0.15) is 12.1 Å². The SMILES string of the molecule is Cc1ccnc(-n2c3[c-]c(N(c4[c-]c(N5CN(C(C)C)c6ccccc65)ccc4)c4c(-c5ccccc5)cccc4-c4ccccc4)ccc3c3ccccc32)c1.[Pt+2]. The van der Waals surface area contributed by atoms with Gasteiger partial charge in [-0.25, -0.2) is 4.98 Å². The second-order valence-corrected chi connectivity index (χ2v) is 15.0. The monoisotopic (exact) mass is 930 g/mol. The molecule has 0 radical (unpaired) electrons. The smallest absolute Gasteiger partial charge is 0.357 e. The largest absolute Gasteiger partial charge is 2.00 e. The zero-order valence-electron chi connectivity index (χ0n) is 32.6. The molecule has 2 aromatic heterocycles. The standard InChI is InChI=1S/C52H41N5.Pt/c1-36(2)54-35-55(49-27-13-12-26-48(49)54)40-20-14-21-41(33-40)56(52-43(38-16-6-4-7-17-38)23-15-24-44(52)39-18-8-5-9-19-39)42-28-29-46-45-22-10-11-25-47(45)57(50(46)34-42)51-32-37(3)30-31-53-51;/h4-32,36H,35H2,1-3H3;/q-2;+2. The number of anilines is 6. The zero-order chi connectivity index (χ0) is 38.5. The summed E-state index contributed by atoms with van der Waals surface area (Å²) in [6.07, 6.45) is 1.89. The quantitative estimate of drug-likeness (QED) is 0.142. The summed E-state index contributed by atoms with van der Waals surface area (Å²) in [7, 11) is 0. The first kappa shape index (κ1) is 37.2. The fourth-order valence-corrected chi connectivity index (χ4v) is 8.37. The van der Waals surface area contributed by atoms with E-state index in [4.69, 9.17) is 4.98 Å². The molecule has 3 heterocycles. The van der Waals surface area contributed by atoms with Crippen LogP contribution in [0.4, 0.5) is 34.1 Å². The summed E-state index contributed by atoms with van der Waals surface area (Å²) in [6, 6.07) is 68.8. The van der Waals surface area contributed by atoms with E-state index in [0.29, 0.717) is 6.04 Å². The van der Waals surface area contributed by atoms with Gasteiger partial charge in [-0.1, -0.05) is 132 Å². The van der Waals surface area contributed by atoms with Gasteiger partial charge in [0.25, 0.3) is 0 Å². The van der Waals surface area contributed by atoms with E-state index >= 15 is 0 Å². The molecule has 0 bridgehead atoms. The van der Waals surface area contributed by atoms with Crippen molar-refractivity contribution in [2.45, 2.75) is 26.8 Å². The van der Waals surface area contributed by atoms with Gasteiger partial charge in [-0.05, 0) is 73.2 Å². The summed E-state index contributed by atoms with van der Waals surface area (Å²) >= 11 is 0. The summed E-state index contributed by atoms with van der Waals surface area (Å²) in [5, 5.41) is 2.29. The zero-order valence-corrected chi connectivity index (χ0v) is 34.9. The maximum Gasteiger partial charge on any atom is 2.00 e. The molecule has 0 saturated carbocycles. The van der Waals surface area contributed by atoms with E-state index in [1.807, 2.05) is 12.3 Å². The van der Waals surface area contributed by atoms with Crippen LogP contribution in [0.2, 0.25) is 0 Å². The number of hydrogen-bond acceptors (Lipinski definition) is 4. The van der Waals surface area contributed by atoms with Crippen LogP contribution in [0.5, 0.6) is 0 Å². The Kier molecular flexibility index (Phi) is 9.93. The molecule has 10 rings (SSSR count). The third-order valence-corrected chi connectivity index (χ3v) is 11.1. The van der Waals surface area contributed by atoms with E-state index < -0.39 is 0 Å². The van der Waals surface area contributed by atoms with Gasteiger partial charge in [0.1, 0.15) is 5.82 Å². The van der Waals surface area contributed by atoms with Crippen molar-refractivity contribution in [3.8, 4) is 28.1 Å². The number of aromatic nitrogens is 2. The van der Waals surface area contributed by atoms with Crippen molar-refractivity contribution in [1.29, 1.82) is 0 Å². The van der Waals surface area contributed by atoms with E-state index in [-0.39, 0.29) is 21.1 Å². The van der Waals surface area contributed by atoms with Crippen molar-refractivity contribution in [3.63, 3.8) is 0 Å². The van der Waals surface area contributed by atoms with Crippen LogP contribution in [0.15, 0.2) is 176 Å². The molecular formula is C52H41N5Pt. The number of nitrogens with zero attached hydrogens (tertiary/aromatic N) is 5. The average Bonchev–Trinajstić information content (AvgIpc) is 3.81.